The Kier molecular flexibility index (Phi) is 2.69. The highest BCUT2D eigenvalue weighted by Gasteiger charge is 2.03. The fraction of sp³-hybridized carbons (Fsp3) is 0. The number of benzene rings is 1. The van der Waals surface area contributed by atoms with Crippen molar-refractivity contribution in [2.24, 2.45) is 0 Å². The van der Waals surface area contributed by atoms with Gasteiger partial charge in [-0.1, -0.05) is 11.6 Å². The van der Waals surface area contributed by atoms with E-state index >= 15 is 0 Å². The fourth-order valence-electron chi connectivity index (χ4n) is 1.04. The summed E-state index contributed by atoms with van der Waals surface area (Å²) in [5.41, 5.74) is 6.23. The molecule has 0 saturated heterocycles. The average molecular weight is 222 g/mol. The van der Waals surface area contributed by atoms with E-state index in [1.165, 1.54) is 6.20 Å². The first-order valence-corrected chi connectivity index (χ1v) is 4.64. The maximum Gasteiger partial charge on any atom is 0.194 e. The second kappa shape index (κ2) is 4.14. The standard InChI is InChI=1S/C10H8ClN3O/c11-10-9(5-6-13-14-10)15-8-3-1-7(12)2-4-8/h1-6H,12H2. The van der Waals surface area contributed by atoms with Gasteiger partial charge in [-0.2, -0.15) is 5.10 Å². The van der Waals surface area contributed by atoms with E-state index in [2.05, 4.69) is 10.2 Å². The number of halogens is 1. The van der Waals surface area contributed by atoms with E-state index in [-0.39, 0.29) is 5.15 Å². The molecule has 0 spiro atoms. The van der Waals surface area contributed by atoms with Crippen LogP contribution in [0.3, 0.4) is 0 Å². The highest BCUT2D eigenvalue weighted by Crippen LogP contribution is 2.26. The number of nitrogens with zero attached hydrogens (tertiary/aromatic N) is 2. The van der Waals surface area contributed by atoms with Crippen molar-refractivity contribution in [1.29, 1.82) is 0 Å². The number of nitrogen functional groups attached to an aromatic ring is 1. The summed E-state index contributed by atoms with van der Waals surface area (Å²) in [6, 6.07) is 8.65. The van der Waals surface area contributed by atoms with Crippen molar-refractivity contribution in [3.63, 3.8) is 0 Å². The molecule has 2 aromatic rings. The van der Waals surface area contributed by atoms with Crippen LogP contribution >= 0.6 is 11.6 Å². The summed E-state index contributed by atoms with van der Waals surface area (Å²) >= 11 is 5.78. The molecule has 0 aliphatic heterocycles. The van der Waals surface area contributed by atoms with E-state index in [0.29, 0.717) is 17.2 Å². The first-order valence-electron chi connectivity index (χ1n) is 4.26. The van der Waals surface area contributed by atoms with Crippen LogP contribution < -0.4 is 10.5 Å². The number of hydrogen-bond donors (Lipinski definition) is 1. The van der Waals surface area contributed by atoms with Gasteiger partial charge in [0.05, 0.1) is 6.20 Å². The molecule has 2 N–H and O–H groups in total. The van der Waals surface area contributed by atoms with Gasteiger partial charge in [0.2, 0.25) is 0 Å². The zero-order valence-corrected chi connectivity index (χ0v) is 8.48. The van der Waals surface area contributed by atoms with Gasteiger partial charge in [-0.05, 0) is 24.3 Å². The topological polar surface area (TPSA) is 61.0 Å². The number of rotatable bonds is 2. The lowest BCUT2D eigenvalue weighted by molar-refractivity contribution is 0.479. The molecule has 1 aromatic heterocycles. The summed E-state index contributed by atoms with van der Waals surface area (Å²) < 4.78 is 5.47. The minimum atomic E-state index is 0.231. The molecule has 76 valence electrons. The van der Waals surface area contributed by atoms with E-state index in [4.69, 9.17) is 22.1 Å². The Morgan fingerprint density at radius 3 is 2.53 bits per heavy atom. The molecule has 0 aliphatic rings. The van der Waals surface area contributed by atoms with Crippen molar-refractivity contribution in [2.75, 3.05) is 5.73 Å². The molecule has 0 atom stereocenters. The van der Waals surface area contributed by atoms with Crippen molar-refractivity contribution in [1.82, 2.24) is 10.2 Å². The minimum Gasteiger partial charge on any atom is -0.454 e. The van der Waals surface area contributed by atoms with Crippen LogP contribution in [0.4, 0.5) is 5.69 Å². The summed E-state index contributed by atoms with van der Waals surface area (Å²) in [7, 11) is 0. The van der Waals surface area contributed by atoms with Crippen LogP contribution in [0, 0.1) is 0 Å². The van der Waals surface area contributed by atoms with Crippen molar-refractivity contribution in [2.45, 2.75) is 0 Å². The second-order valence-electron chi connectivity index (χ2n) is 2.86. The minimum absolute atomic E-state index is 0.231. The maximum absolute atomic E-state index is 5.78. The number of aromatic nitrogens is 2. The Bertz CT molecular complexity index is 458. The third-order valence-electron chi connectivity index (χ3n) is 1.75. The van der Waals surface area contributed by atoms with E-state index in [1.54, 1.807) is 30.3 Å². The molecule has 0 bridgehead atoms. The number of hydrogen-bond acceptors (Lipinski definition) is 4. The van der Waals surface area contributed by atoms with Gasteiger partial charge >= 0.3 is 0 Å². The van der Waals surface area contributed by atoms with E-state index in [1.807, 2.05) is 0 Å². The summed E-state index contributed by atoms with van der Waals surface area (Å²) in [6.07, 6.45) is 1.51. The lowest BCUT2D eigenvalue weighted by Crippen LogP contribution is -1.89. The van der Waals surface area contributed by atoms with Crippen molar-refractivity contribution in [3.8, 4) is 11.5 Å². The highest BCUT2D eigenvalue weighted by atomic mass is 35.5. The van der Waals surface area contributed by atoms with Crippen LogP contribution in [0.25, 0.3) is 0 Å². The summed E-state index contributed by atoms with van der Waals surface area (Å²) in [4.78, 5) is 0. The lowest BCUT2D eigenvalue weighted by Gasteiger charge is -2.05. The molecule has 0 fully saturated rings. The molecule has 5 heteroatoms. The highest BCUT2D eigenvalue weighted by molar-refractivity contribution is 6.30. The van der Waals surface area contributed by atoms with Gasteiger partial charge in [0.15, 0.2) is 10.9 Å². The predicted molar refractivity (Wildman–Crippen MR) is 58.0 cm³/mol. The molecule has 1 aromatic carbocycles. The molecule has 0 unspecified atom stereocenters. The van der Waals surface area contributed by atoms with Crippen LogP contribution in [0.15, 0.2) is 36.5 Å². The van der Waals surface area contributed by atoms with Gasteiger partial charge in [0, 0.05) is 11.8 Å². The van der Waals surface area contributed by atoms with Gasteiger partial charge in [0.25, 0.3) is 0 Å². The number of anilines is 1. The summed E-state index contributed by atoms with van der Waals surface area (Å²) in [6.45, 7) is 0. The fourth-order valence-corrected chi connectivity index (χ4v) is 1.19. The Morgan fingerprint density at radius 1 is 1.13 bits per heavy atom. The van der Waals surface area contributed by atoms with Crippen molar-refractivity contribution >= 4 is 17.3 Å². The van der Waals surface area contributed by atoms with Crippen molar-refractivity contribution < 1.29 is 4.74 Å². The molecular weight excluding hydrogens is 214 g/mol. The first kappa shape index (κ1) is 9.73. The normalized spacial score (nSPS) is 9.93. The van der Waals surface area contributed by atoms with Crippen LogP contribution in [0.5, 0.6) is 11.5 Å². The molecule has 15 heavy (non-hydrogen) atoms. The molecular formula is C10H8ClN3O. The Balaban J connectivity index is 2.22. The maximum atomic E-state index is 5.78. The molecule has 4 nitrogen and oxygen atoms in total. The Morgan fingerprint density at radius 2 is 1.87 bits per heavy atom. The quantitative estimate of drug-likeness (QED) is 0.792. The molecule has 0 saturated carbocycles. The number of ether oxygens (including phenoxy) is 1. The molecule has 0 aliphatic carbocycles. The van der Waals surface area contributed by atoms with Crippen LogP contribution in [-0.2, 0) is 0 Å². The molecule has 0 radical (unpaired) electrons. The Labute approximate surface area is 91.7 Å². The summed E-state index contributed by atoms with van der Waals surface area (Å²) in [5, 5.41) is 7.51. The smallest absolute Gasteiger partial charge is 0.194 e. The third-order valence-corrected chi connectivity index (χ3v) is 2.01. The average Bonchev–Trinajstić information content (AvgIpc) is 2.25. The van der Waals surface area contributed by atoms with Gasteiger partial charge in [-0.15, -0.1) is 5.10 Å². The van der Waals surface area contributed by atoms with Crippen molar-refractivity contribution in [3.05, 3.63) is 41.7 Å². The molecule has 1 heterocycles. The second-order valence-corrected chi connectivity index (χ2v) is 3.22. The SMILES string of the molecule is Nc1ccc(Oc2ccnnc2Cl)cc1. The third kappa shape index (κ3) is 2.35. The zero-order chi connectivity index (χ0) is 10.7. The van der Waals surface area contributed by atoms with E-state index in [9.17, 15) is 0 Å². The van der Waals surface area contributed by atoms with E-state index < -0.39 is 0 Å². The van der Waals surface area contributed by atoms with Gasteiger partial charge < -0.3 is 10.5 Å². The number of nitrogens with two attached hydrogens (primary N) is 1. The monoisotopic (exact) mass is 221 g/mol. The van der Waals surface area contributed by atoms with Crippen LogP contribution in [0.2, 0.25) is 5.15 Å². The van der Waals surface area contributed by atoms with Gasteiger partial charge in [-0.3, -0.25) is 0 Å². The van der Waals surface area contributed by atoms with Crippen LogP contribution in [0.1, 0.15) is 0 Å². The van der Waals surface area contributed by atoms with Gasteiger partial charge in [0.1, 0.15) is 5.75 Å². The largest absolute Gasteiger partial charge is 0.454 e. The Hall–Kier alpha value is -1.81. The zero-order valence-electron chi connectivity index (χ0n) is 7.72. The first-order chi connectivity index (χ1) is 7.25. The van der Waals surface area contributed by atoms with E-state index in [0.717, 1.165) is 0 Å². The predicted octanol–water partition coefficient (Wildman–Crippen LogP) is 2.50. The van der Waals surface area contributed by atoms with Gasteiger partial charge in [-0.25, -0.2) is 0 Å². The summed E-state index contributed by atoms with van der Waals surface area (Å²) in [5.74, 6) is 1.12. The molecule has 2 rings (SSSR count). The molecule has 0 amide bonds. The lowest BCUT2D eigenvalue weighted by atomic mass is 10.3. The van der Waals surface area contributed by atoms with Crippen LogP contribution in [-0.4, -0.2) is 10.2 Å².